The van der Waals surface area contributed by atoms with Crippen molar-refractivity contribution >= 4 is 5.91 Å². The summed E-state index contributed by atoms with van der Waals surface area (Å²) >= 11 is 0. The highest BCUT2D eigenvalue weighted by Gasteiger charge is 2.06. The first-order valence-corrected chi connectivity index (χ1v) is 5.93. The Morgan fingerprint density at radius 3 is 2.72 bits per heavy atom. The molecule has 0 bridgehead atoms. The van der Waals surface area contributed by atoms with Crippen LogP contribution in [0.25, 0.3) is 0 Å². The lowest BCUT2D eigenvalue weighted by molar-refractivity contribution is -0.121. The van der Waals surface area contributed by atoms with Crippen LogP contribution in [0.2, 0.25) is 0 Å². The molecule has 5 heteroatoms. The SMILES string of the molecule is CC(CN)CCC(=O)NCc1ccc(F)c(F)c1. The minimum Gasteiger partial charge on any atom is -0.352 e. The number of amides is 1. The van der Waals surface area contributed by atoms with E-state index in [9.17, 15) is 13.6 Å². The second-order valence-electron chi connectivity index (χ2n) is 4.40. The van der Waals surface area contributed by atoms with Gasteiger partial charge in [-0.1, -0.05) is 13.0 Å². The van der Waals surface area contributed by atoms with Crippen LogP contribution in [0.15, 0.2) is 18.2 Å². The average Bonchev–Trinajstić information content (AvgIpc) is 2.37. The Morgan fingerprint density at radius 1 is 1.39 bits per heavy atom. The molecule has 0 saturated heterocycles. The van der Waals surface area contributed by atoms with Gasteiger partial charge >= 0.3 is 0 Å². The molecule has 100 valence electrons. The summed E-state index contributed by atoms with van der Waals surface area (Å²) in [6.45, 7) is 2.73. The van der Waals surface area contributed by atoms with E-state index in [1.165, 1.54) is 6.07 Å². The van der Waals surface area contributed by atoms with E-state index in [4.69, 9.17) is 5.73 Å². The number of nitrogens with one attached hydrogen (secondary N) is 1. The summed E-state index contributed by atoms with van der Waals surface area (Å²) in [4.78, 5) is 11.5. The lowest BCUT2D eigenvalue weighted by Gasteiger charge is -2.09. The summed E-state index contributed by atoms with van der Waals surface area (Å²) in [6.07, 6.45) is 1.11. The Labute approximate surface area is 105 Å². The second kappa shape index (κ2) is 7.06. The average molecular weight is 256 g/mol. The number of halogens is 2. The second-order valence-corrected chi connectivity index (χ2v) is 4.40. The van der Waals surface area contributed by atoms with Crippen LogP contribution in [-0.2, 0) is 11.3 Å². The first-order chi connectivity index (χ1) is 8.52. The molecule has 1 aromatic carbocycles. The molecule has 0 spiro atoms. The lowest BCUT2D eigenvalue weighted by atomic mass is 10.1. The topological polar surface area (TPSA) is 55.1 Å². The summed E-state index contributed by atoms with van der Waals surface area (Å²) in [7, 11) is 0. The van der Waals surface area contributed by atoms with Crippen LogP contribution in [0, 0.1) is 17.6 Å². The minimum absolute atomic E-state index is 0.111. The Balaban J connectivity index is 2.36. The summed E-state index contributed by atoms with van der Waals surface area (Å²) in [5, 5.41) is 2.66. The van der Waals surface area contributed by atoms with Crippen LogP contribution in [0.3, 0.4) is 0 Å². The summed E-state index contributed by atoms with van der Waals surface area (Å²) in [5.74, 6) is -1.60. The van der Waals surface area contributed by atoms with Crippen molar-refractivity contribution in [1.29, 1.82) is 0 Å². The highest BCUT2D eigenvalue weighted by Crippen LogP contribution is 2.08. The predicted octanol–water partition coefficient (Wildman–Crippen LogP) is 1.96. The summed E-state index contributed by atoms with van der Waals surface area (Å²) in [5.41, 5.74) is 5.98. The molecule has 1 unspecified atom stereocenters. The standard InChI is InChI=1S/C13H18F2N2O/c1-9(7-16)2-5-13(18)17-8-10-3-4-11(14)12(15)6-10/h3-4,6,9H,2,5,7-8,16H2,1H3,(H,17,18). The zero-order valence-electron chi connectivity index (χ0n) is 10.4. The molecule has 0 aliphatic carbocycles. The van der Waals surface area contributed by atoms with Gasteiger partial charge < -0.3 is 11.1 Å². The van der Waals surface area contributed by atoms with Gasteiger partial charge in [0.15, 0.2) is 11.6 Å². The highest BCUT2D eigenvalue weighted by molar-refractivity contribution is 5.75. The maximum Gasteiger partial charge on any atom is 0.220 e. The molecule has 0 aromatic heterocycles. The van der Waals surface area contributed by atoms with Crippen molar-refractivity contribution in [2.75, 3.05) is 6.54 Å². The Hall–Kier alpha value is -1.49. The number of rotatable bonds is 6. The van der Waals surface area contributed by atoms with E-state index in [1.54, 1.807) is 0 Å². The molecule has 1 aromatic rings. The number of nitrogens with two attached hydrogens (primary N) is 1. The monoisotopic (exact) mass is 256 g/mol. The number of hydrogen-bond acceptors (Lipinski definition) is 2. The minimum atomic E-state index is -0.904. The van der Waals surface area contributed by atoms with Gasteiger partial charge in [-0.05, 0) is 36.6 Å². The van der Waals surface area contributed by atoms with Gasteiger partial charge in [-0.2, -0.15) is 0 Å². The fourth-order valence-corrected chi connectivity index (χ4v) is 1.43. The van der Waals surface area contributed by atoms with Crippen molar-refractivity contribution in [2.24, 2.45) is 11.7 Å². The third-order valence-electron chi connectivity index (χ3n) is 2.74. The molecule has 1 rings (SSSR count). The first kappa shape index (κ1) is 14.6. The van der Waals surface area contributed by atoms with Gasteiger partial charge in [-0.15, -0.1) is 0 Å². The molecule has 3 nitrogen and oxygen atoms in total. The number of carbonyl (C=O) groups is 1. The quantitative estimate of drug-likeness (QED) is 0.817. The lowest BCUT2D eigenvalue weighted by Crippen LogP contribution is -2.24. The van der Waals surface area contributed by atoms with Gasteiger partial charge in [-0.25, -0.2) is 8.78 Å². The van der Waals surface area contributed by atoms with Gasteiger partial charge in [0.25, 0.3) is 0 Å². The van der Waals surface area contributed by atoms with Crippen LogP contribution < -0.4 is 11.1 Å². The molecule has 1 atom stereocenters. The maximum absolute atomic E-state index is 12.9. The van der Waals surface area contributed by atoms with Gasteiger partial charge in [0.05, 0.1) is 0 Å². The predicted molar refractivity (Wildman–Crippen MR) is 65.7 cm³/mol. The van der Waals surface area contributed by atoms with E-state index >= 15 is 0 Å². The summed E-state index contributed by atoms with van der Waals surface area (Å²) < 4.78 is 25.6. The highest BCUT2D eigenvalue weighted by atomic mass is 19.2. The van der Waals surface area contributed by atoms with Crippen molar-refractivity contribution in [1.82, 2.24) is 5.32 Å². The zero-order chi connectivity index (χ0) is 13.5. The van der Waals surface area contributed by atoms with Crippen LogP contribution in [0.1, 0.15) is 25.3 Å². The molecule has 0 fully saturated rings. The third-order valence-corrected chi connectivity index (χ3v) is 2.74. The molecule has 0 aliphatic rings. The maximum atomic E-state index is 12.9. The van der Waals surface area contributed by atoms with Crippen LogP contribution in [0.4, 0.5) is 8.78 Å². The van der Waals surface area contributed by atoms with Crippen molar-refractivity contribution < 1.29 is 13.6 Å². The van der Waals surface area contributed by atoms with E-state index < -0.39 is 11.6 Å². The fraction of sp³-hybridized carbons (Fsp3) is 0.462. The molecule has 0 saturated carbocycles. The Kier molecular flexibility index (Phi) is 5.71. The molecule has 18 heavy (non-hydrogen) atoms. The Bertz CT molecular complexity index is 410. The van der Waals surface area contributed by atoms with Gasteiger partial charge in [0, 0.05) is 13.0 Å². The van der Waals surface area contributed by atoms with Gasteiger partial charge in [-0.3, -0.25) is 4.79 Å². The molecule has 0 radical (unpaired) electrons. The van der Waals surface area contributed by atoms with Crippen molar-refractivity contribution in [2.45, 2.75) is 26.3 Å². The van der Waals surface area contributed by atoms with E-state index in [1.807, 2.05) is 6.92 Å². The summed E-state index contributed by atoms with van der Waals surface area (Å²) in [6, 6.07) is 3.58. The molecular weight excluding hydrogens is 238 g/mol. The number of hydrogen-bond donors (Lipinski definition) is 2. The van der Waals surface area contributed by atoms with E-state index in [0.717, 1.165) is 18.6 Å². The van der Waals surface area contributed by atoms with Crippen molar-refractivity contribution in [3.63, 3.8) is 0 Å². The molecular formula is C13H18F2N2O. The smallest absolute Gasteiger partial charge is 0.220 e. The van der Waals surface area contributed by atoms with Crippen LogP contribution in [0.5, 0.6) is 0 Å². The molecule has 0 aliphatic heterocycles. The van der Waals surface area contributed by atoms with Gasteiger partial charge in [0.2, 0.25) is 5.91 Å². The number of benzene rings is 1. The molecule has 0 heterocycles. The Morgan fingerprint density at radius 2 is 2.11 bits per heavy atom. The van der Waals surface area contributed by atoms with Crippen molar-refractivity contribution in [3.05, 3.63) is 35.4 Å². The normalized spacial score (nSPS) is 12.2. The fourth-order valence-electron chi connectivity index (χ4n) is 1.43. The van der Waals surface area contributed by atoms with Crippen LogP contribution in [-0.4, -0.2) is 12.5 Å². The third kappa shape index (κ3) is 4.79. The van der Waals surface area contributed by atoms with Crippen molar-refractivity contribution in [3.8, 4) is 0 Å². The van der Waals surface area contributed by atoms with E-state index in [0.29, 0.717) is 24.4 Å². The molecule has 3 N–H and O–H groups in total. The van der Waals surface area contributed by atoms with E-state index in [2.05, 4.69) is 5.32 Å². The number of carbonyl (C=O) groups excluding carboxylic acids is 1. The van der Waals surface area contributed by atoms with Gasteiger partial charge in [0.1, 0.15) is 0 Å². The largest absolute Gasteiger partial charge is 0.352 e. The van der Waals surface area contributed by atoms with Crippen LogP contribution >= 0.6 is 0 Å². The van der Waals surface area contributed by atoms with E-state index in [-0.39, 0.29) is 12.5 Å². The molecule has 1 amide bonds. The first-order valence-electron chi connectivity index (χ1n) is 5.93. The zero-order valence-corrected chi connectivity index (χ0v) is 10.4.